The van der Waals surface area contributed by atoms with Crippen LogP contribution in [-0.4, -0.2) is 17.4 Å². The maximum Gasteiger partial charge on any atom is 0.325 e. The molecule has 0 bridgehead atoms. The summed E-state index contributed by atoms with van der Waals surface area (Å²) in [6.07, 6.45) is 3.37. The number of rotatable bonds is 2. The van der Waals surface area contributed by atoms with Crippen LogP contribution < -0.4 is 10.6 Å². The van der Waals surface area contributed by atoms with Crippen molar-refractivity contribution >= 4 is 18.1 Å². The van der Waals surface area contributed by atoms with E-state index < -0.39 is 6.03 Å². The topological polar surface area (TPSA) is 71.1 Å². The quantitative estimate of drug-likeness (QED) is 0.621. The van der Waals surface area contributed by atoms with Gasteiger partial charge in [0.2, 0.25) is 6.41 Å². The van der Waals surface area contributed by atoms with Crippen LogP contribution in [0.1, 0.15) is 0 Å². The zero-order chi connectivity index (χ0) is 8.81. The van der Waals surface area contributed by atoms with Crippen molar-refractivity contribution in [3.05, 3.63) is 24.5 Å². The van der Waals surface area contributed by atoms with E-state index >= 15 is 0 Å². The number of urea groups is 1. The number of pyridine rings is 1. The van der Waals surface area contributed by atoms with Gasteiger partial charge in [-0.25, -0.2) is 4.79 Å². The molecule has 62 valence electrons. The number of carbonyl (C=O) groups excluding carboxylic acids is 2. The fraction of sp³-hybridized carbons (Fsp3) is 0. The molecule has 1 aromatic heterocycles. The Morgan fingerprint density at radius 3 is 3.00 bits per heavy atom. The first-order valence-corrected chi connectivity index (χ1v) is 3.24. The van der Waals surface area contributed by atoms with E-state index in [1.54, 1.807) is 18.3 Å². The van der Waals surface area contributed by atoms with Crippen molar-refractivity contribution in [2.75, 3.05) is 5.32 Å². The molecule has 0 unspecified atom stereocenters. The van der Waals surface area contributed by atoms with Gasteiger partial charge in [-0.15, -0.1) is 0 Å². The Bertz CT molecular complexity index is 273. The van der Waals surface area contributed by atoms with Gasteiger partial charge in [-0.2, -0.15) is 0 Å². The zero-order valence-corrected chi connectivity index (χ0v) is 6.15. The highest BCUT2D eigenvalue weighted by Gasteiger charge is 1.97. The van der Waals surface area contributed by atoms with Gasteiger partial charge in [-0.3, -0.25) is 15.1 Å². The van der Waals surface area contributed by atoms with Gasteiger partial charge in [-0.05, 0) is 12.1 Å². The van der Waals surface area contributed by atoms with Gasteiger partial charge in [0.1, 0.15) is 0 Å². The van der Waals surface area contributed by atoms with Gasteiger partial charge >= 0.3 is 6.03 Å². The predicted octanol–water partition coefficient (Wildman–Crippen LogP) is 0.360. The van der Waals surface area contributed by atoms with E-state index in [9.17, 15) is 9.59 Å². The third kappa shape index (κ3) is 2.37. The summed E-state index contributed by atoms with van der Waals surface area (Å²) < 4.78 is 0. The number of nitrogens with one attached hydrogen (secondary N) is 2. The lowest BCUT2D eigenvalue weighted by atomic mass is 10.4. The molecule has 12 heavy (non-hydrogen) atoms. The molecule has 0 aliphatic carbocycles. The fourth-order valence-electron chi connectivity index (χ4n) is 0.657. The lowest BCUT2D eigenvalue weighted by Crippen LogP contribution is -2.27. The Hall–Kier alpha value is -1.91. The molecule has 0 atom stereocenters. The number of imide groups is 1. The number of amides is 3. The Labute approximate surface area is 68.8 Å². The van der Waals surface area contributed by atoms with Crippen molar-refractivity contribution < 1.29 is 9.59 Å². The summed E-state index contributed by atoms with van der Waals surface area (Å²) in [6, 6.07) is 2.77. The van der Waals surface area contributed by atoms with Gasteiger partial charge in [0, 0.05) is 6.20 Å². The average molecular weight is 165 g/mol. The molecule has 1 aromatic rings. The molecule has 0 aliphatic heterocycles. The number of nitrogens with zero attached hydrogens (tertiary/aromatic N) is 1. The maximum absolute atomic E-state index is 10.7. The van der Waals surface area contributed by atoms with Crippen molar-refractivity contribution in [1.82, 2.24) is 10.3 Å². The van der Waals surface area contributed by atoms with Gasteiger partial charge in [0.25, 0.3) is 0 Å². The molecular formula is C7H7N3O2. The predicted molar refractivity (Wildman–Crippen MR) is 42.5 cm³/mol. The number of carbonyl (C=O) groups is 2. The molecule has 2 N–H and O–H groups in total. The summed E-state index contributed by atoms with van der Waals surface area (Å²) in [7, 11) is 0. The molecule has 0 fully saturated rings. The molecule has 5 nitrogen and oxygen atoms in total. The highest BCUT2D eigenvalue weighted by molar-refractivity contribution is 5.95. The summed E-state index contributed by atoms with van der Waals surface area (Å²) in [6.45, 7) is 0. The summed E-state index contributed by atoms with van der Waals surface area (Å²) in [5.41, 5.74) is 0.539. The summed E-state index contributed by atoms with van der Waals surface area (Å²) in [5.74, 6) is 0. The first-order chi connectivity index (χ1) is 5.83. The lowest BCUT2D eigenvalue weighted by Gasteiger charge is -2.00. The molecule has 0 saturated carbocycles. The highest BCUT2D eigenvalue weighted by Crippen LogP contribution is 2.00. The standard InChI is InChI=1S/C7H7N3O2/c11-5-9-7(12)10-6-2-1-3-8-4-6/h1-5H,(H2,9,10,11,12). The summed E-state index contributed by atoms with van der Waals surface area (Å²) in [4.78, 5) is 24.3. The van der Waals surface area contributed by atoms with E-state index in [0.717, 1.165) is 0 Å². The Balaban J connectivity index is 2.52. The molecule has 0 radical (unpaired) electrons. The van der Waals surface area contributed by atoms with E-state index in [-0.39, 0.29) is 0 Å². The SMILES string of the molecule is O=CNC(=O)Nc1cccnc1. The Kier molecular flexibility index (Phi) is 2.78. The van der Waals surface area contributed by atoms with Crippen LogP contribution in [0.15, 0.2) is 24.5 Å². The van der Waals surface area contributed by atoms with Crippen molar-refractivity contribution in [2.45, 2.75) is 0 Å². The molecular weight excluding hydrogens is 158 g/mol. The van der Waals surface area contributed by atoms with Gasteiger partial charge in [0.15, 0.2) is 0 Å². The highest BCUT2D eigenvalue weighted by atomic mass is 16.2. The lowest BCUT2D eigenvalue weighted by molar-refractivity contribution is -0.108. The monoisotopic (exact) mass is 165 g/mol. The van der Waals surface area contributed by atoms with Crippen molar-refractivity contribution in [1.29, 1.82) is 0 Å². The van der Waals surface area contributed by atoms with E-state index in [2.05, 4.69) is 10.3 Å². The van der Waals surface area contributed by atoms with Gasteiger partial charge in [-0.1, -0.05) is 0 Å². The smallest absolute Gasteiger partial charge is 0.306 e. The van der Waals surface area contributed by atoms with E-state index in [1.807, 2.05) is 5.32 Å². The van der Waals surface area contributed by atoms with Crippen LogP contribution in [0.25, 0.3) is 0 Å². The summed E-state index contributed by atoms with van der Waals surface area (Å²) >= 11 is 0. The Morgan fingerprint density at radius 1 is 1.58 bits per heavy atom. The van der Waals surface area contributed by atoms with Crippen LogP contribution >= 0.6 is 0 Å². The number of hydrogen-bond donors (Lipinski definition) is 2. The second kappa shape index (κ2) is 4.07. The van der Waals surface area contributed by atoms with Crippen LogP contribution in [0.3, 0.4) is 0 Å². The van der Waals surface area contributed by atoms with Crippen LogP contribution in [-0.2, 0) is 4.79 Å². The van der Waals surface area contributed by atoms with E-state index in [1.165, 1.54) is 6.20 Å². The Morgan fingerprint density at radius 2 is 2.42 bits per heavy atom. The number of anilines is 1. The molecule has 0 saturated heterocycles. The molecule has 5 heteroatoms. The minimum atomic E-state index is -0.571. The second-order valence-corrected chi connectivity index (χ2v) is 1.96. The fourth-order valence-corrected chi connectivity index (χ4v) is 0.657. The molecule has 0 spiro atoms. The van der Waals surface area contributed by atoms with E-state index in [0.29, 0.717) is 12.1 Å². The number of aromatic nitrogens is 1. The minimum Gasteiger partial charge on any atom is -0.306 e. The average Bonchev–Trinajstić information content (AvgIpc) is 2.06. The van der Waals surface area contributed by atoms with E-state index in [4.69, 9.17) is 0 Å². The van der Waals surface area contributed by atoms with Crippen LogP contribution in [0.4, 0.5) is 10.5 Å². The van der Waals surface area contributed by atoms with Crippen LogP contribution in [0.2, 0.25) is 0 Å². The van der Waals surface area contributed by atoms with Gasteiger partial charge < -0.3 is 5.32 Å². The zero-order valence-electron chi connectivity index (χ0n) is 6.15. The van der Waals surface area contributed by atoms with Crippen molar-refractivity contribution in [3.63, 3.8) is 0 Å². The first kappa shape index (κ1) is 8.19. The summed E-state index contributed by atoms with van der Waals surface area (Å²) in [5, 5.41) is 4.33. The van der Waals surface area contributed by atoms with Crippen LogP contribution in [0.5, 0.6) is 0 Å². The minimum absolute atomic E-state index is 0.311. The molecule has 1 rings (SSSR count). The molecule has 0 aliphatic rings. The third-order valence-corrected chi connectivity index (χ3v) is 1.11. The largest absolute Gasteiger partial charge is 0.325 e. The van der Waals surface area contributed by atoms with Crippen LogP contribution in [0, 0.1) is 0 Å². The second-order valence-electron chi connectivity index (χ2n) is 1.96. The molecule has 3 amide bonds. The van der Waals surface area contributed by atoms with Gasteiger partial charge in [0.05, 0.1) is 11.9 Å². The molecule has 1 heterocycles. The number of hydrogen-bond acceptors (Lipinski definition) is 3. The van der Waals surface area contributed by atoms with Crippen molar-refractivity contribution in [3.8, 4) is 0 Å². The molecule has 0 aromatic carbocycles. The maximum atomic E-state index is 10.7. The first-order valence-electron chi connectivity index (χ1n) is 3.24. The third-order valence-electron chi connectivity index (χ3n) is 1.11. The normalized spacial score (nSPS) is 8.67. The van der Waals surface area contributed by atoms with Crippen molar-refractivity contribution in [2.24, 2.45) is 0 Å².